The molecular formula is C8H18O2. The third-order valence-corrected chi connectivity index (χ3v) is 1.53. The fraction of sp³-hybridized carbons (Fsp3) is 1.00. The predicted molar refractivity (Wildman–Crippen MR) is 42.0 cm³/mol. The van der Waals surface area contributed by atoms with E-state index in [9.17, 15) is 0 Å². The molecule has 0 aliphatic carbocycles. The van der Waals surface area contributed by atoms with E-state index in [4.69, 9.17) is 9.84 Å². The minimum atomic E-state index is 0.282. The Labute approximate surface area is 63.2 Å². The van der Waals surface area contributed by atoms with E-state index in [1.165, 1.54) is 0 Å². The summed E-state index contributed by atoms with van der Waals surface area (Å²) < 4.78 is 5.38. The SMILES string of the molecule is CCC(C)OCCCCO. The topological polar surface area (TPSA) is 29.5 Å². The van der Waals surface area contributed by atoms with Gasteiger partial charge in [-0.25, -0.2) is 0 Å². The van der Waals surface area contributed by atoms with Crippen molar-refractivity contribution in [3.8, 4) is 0 Å². The first kappa shape index (κ1) is 9.92. The van der Waals surface area contributed by atoms with Crippen LogP contribution in [0, 0.1) is 0 Å². The normalized spacial score (nSPS) is 13.5. The van der Waals surface area contributed by atoms with Gasteiger partial charge in [-0.05, 0) is 26.2 Å². The van der Waals surface area contributed by atoms with Crippen molar-refractivity contribution >= 4 is 0 Å². The molecule has 0 saturated carbocycles. The summed E-state index contributed by atoms with van der Waals surface area (Å²) in [5.74, 6) is 0. The van der Waals surface area contributed by atoms with Crippen molar-refractivity contribution in [3.05, 3.63) is 0 Å². The Kier molecular flexibility index (Phi) is 6.98. The highest BCUT2D eigenvalue weighted by atomic mass is 16.5. The molecule has 0 saturated heterocycles. The molecule has 0 aliphatic rings. The molecule has 2 heteroatoms. The van der Waals surface area contributed by atoms with E-state index < -0.39 is 0 Å². The van der Waals surface area contributed by atoms with E-state index in [1.807, 2.05) is 0 Å². The van der Waals surface area contributed by atoms with Crippen molar-refractivity contribution in [2.24, 2.45) is 0 Å². The van der Waals surface area contributed by atoms with Gasteiger partial charge in [0.25, 0.3) is 0 Å². The van der Waals surface area contributed by atoms with Crippen LogP contribution in [-0.4, -0.2) is 24.4 Å². The Morgan fingerprint density at radius 2 is 2.10 bits per heavy atom. The average Bonchev–Trinajstić information content (AvgIpc) is 1.98. The smallest absolute Gasteiger partial charge is 0.0544 e. The first-order chi connectivity index (χ1) is 4.81. The Balaban J connectivity index is 2.89. The van der Waals surface area contributed by atoms with E-state index in [1.54, 1.807) is 0 Å². The highest BCUT2D eigenvalue weighted by molar-refractivity contribution is 4.44. The van der Waals surface area contributed by atoms with Crippen LogP contribution in [0.4, 0.5) is 0 Å². The summed E-state index contributed by atoms with van der Waals surface area (Å²) >= 11 is 0. The first-order valence-corrected chi connectivity index (χ1v) is 4.03. The average molecular weight is 146 g/mol. The number of aliphatic hydroxyl groups is 1. The molecule has 0 bridgehead atoms. The molecule has 0 radical (unpaired) electrons. The van der Waals surface area contributed by atoms with Crippen LogP contribution in [0.5, 0.6) is 0 Å². The fourth-order valence-electron chi connectivity index (χ4n) is 0.616. The van der Waals surface area contributed by atoms with Crippen LogP contribution in [0.15, 0.2) is 0 Å². The maximum Gasteiger partial charge on any atom is 0.0544 e. The number of unbranched alkanes of at least 4 members (excludes halogenated alkanes) is 1. The molecule has 0 aromatic rings. The molecule has 0 amide bonds. The predicted octanol–water partition coefficient (Wildman–Crippen LogP) is 1.57. The Bertz CT molecular complexity index is 64.3. The quantitative estimate of drug-likeness (QED) is 0.576. The van der Waals surface area contributed by atoms with Crippen molar-refractivity contribution in [3.63, 3.8) is 0 Å². The van der Waals surface area contributed by atoms with Crippen molar-refractivity contribution in [2.45, 2.75) is 39.2 Å². The van der Waals surface area contributed by atoms with Crippen LogP contribution in [-0.2, 0) is 4.74 Å². The summed E-state index contributed by atoms with van der Waals surface area (Å²) in [4.78, 5) is 0. The zero-order chi connectivity index (χ0) is 7.82. The van der Waals surface area contributed by atoms with Crippen LogP contribution in [0.3, 0.4) is 0 Å². The van der Waals surface area contributed by atoms with Gasteiger partial charge in [0.15, 0.2) is 0 Å². The lowest BCUT2D eigenvalue weighted by Crippen LogP contribution is -2.07. The Morgan fingerprint density at radius 1 is 1.40 bits per heavy atom. The molecule has 10 heavy (non-hydrogen) atoms. The molecule has 0 fully saturated rings. The second-order valence-corrected chi connectivity index (χ2v) is 2.52. The van der Waals surface area contributed by atoms with Crippen LogP contribution in [0.2, 0.25) is 0 Å². The van der Waals surface area contributed by atoms with Gasteiger partial charge in [0, 0.05) is 13.2 Å². The highest BCUT2D eigenvalue weighted by Gasteiger charge is 1.95. The minimum absolute atomic E-state index is 0.282. The molecule has 0 spiro atoms. The molecule has 1 atom stereocenters. The summed E-state index contributed by atoms with van der Waals surface area (Å²) in [7, 11) is 0. The molecule has 0 aromatic heterocycles. The van der Waals surface area contributed by atoms with Gasteiger partial charge in [-0.3, -0.25) is 0 Å². The molecule has 1 N–H and O–H groups in total. The van der Waals surface area contributed by atoms with Gasteiger partial charge in [-0.1, -0.05) is 6.92 Å². The molecule has 2 nitrogen and oxygen atoms in total. The van der Waals surface area contributed by atoms with E-state index in [2.05, 4.69) is 13.8 Å². The van der Waals surface area contributed by atoms with Gasteiger partial charge < -0.3 is 9.84 Å². The Hall–Kier alpha value is -0.0800. The Morgan fingerprint density at radius 3 is 2.60 bits per heavy atom. The third kappa shape index (κ3) is 6.05. The van der Waals surface area contributed by atoms with Crippen molar-refractivity contribution in [2.75, 3.05) is 13.2 Å². The standard InChI is InChI=1S/C8H18O2/c1-3-8(2)10-7-5-4-6-9/h8-9H,3-7H2,1-2H3. The van der Waals surface area contributed by atoms with E-state index in [0.717, 1.165) is 25.9 Å². The van der Waals surface area contributed by atoms with Crippen LogP contribution < -0.4 is 0 Å². The zero-order valence-corrected chi connectivity index (χ0v) is 6.97. The van der Waals surface area contributed by atoms with Gasteiger partial charge in [-0.15, -0.1) is 0 Å². The summed E-state index contributed by atoms with van der Waals surface area (Å²) in [6.07, 6.45) is 3.27. The number of hydrogen-bond acceptors (Lipinski definition) is 2. The molecule has 0 heterocycles. The van der Waals surface area contributed by atoms with E-state index in [-0.39, 0.29) is 6.61 Å². The number of hydrogen-bond donors (Lipinski definition) is 1. The van der Waals surface area contributed by atoms with Gasteiger partial charge in [0.2, 0.25) is 0 Å². The number of ether oxygens (including phenoxy) is 1. The first-order valence-electron chi connectivity index (χ1n) is 4.03. The molecule has 62 valence electrons. The van der Waals surface area contributed by atoms with Crippen LogP contribution >= 0.6 is 0 Å². The van der Waals surface area contributed by atoms with Crippen molar-refractivity contribution < 1.29 is 9.84 Å². The summed E-state index contributed by atoms with van der Waals surface area (Å²) in [6, 6.07) is 0. The second kappa shape index (κ2) is 7.03. The van der Waals surface area contributed by atoms with Gasteiger partial charge in [0.05, 0.1) is 6.10 Å². The lowest BCUT2D eigenvalue weighted by Gasteiger charge is -2.08. The van der Waals surface area contributed by atoms with E-state index in [0.29, 0.717) is 6.10 Å². The molecular weight excluding hydrogens is 128 g/mol. The van der Waals surface area contributed by atoms with Gasteiger partial charge in [-0.2, -0.15) is 0 Å². The largest absolute Gasteiger partial charge is 0.396 e. The molecule has 0 aliphatic heterocycles. The fourth-order valence-corrected chi connectivity index (χ4v) is 0.616. The van der Waals surface area contributed by atoms with Gasteiger partial charge >= 0.3 is 0 Å². The molecule has 0 rings (SSSR count). The summed E-state index contributed by atoms with van der Waals surface area (Å²) in [5.41, 5.74) is 0. The molecule has 1 unspecified atom stereocenters. The minimum Gasteiger partial charge on any atom is -0.396 e. The lowest BCUT2D eigenvalue weighted by atomic mass is 10.3. The lowest BCUT2D eigenvalue weighted by molar-refractivity contribution is 0.0587. The summed E-state index contributed by atoms with van der Waals surface area (Å²) in [6.45, 7) is 5.25. The van der Waals surface area contributed by atoms with Crippen molar-refractivity contribution in [1.82, 2.24) is 0 Å². The number of aliphatic hydroxyl groups excluding tert-OH is 1. The maximum atomic E-state index is 8.43. The van der Waals surface area contributed by atoms with Gasteiger partial charge in [0.1, 0.15) is 0 Å². The monoisotopic (exact) mass is 146 g/mol. The second-order valence-electron chi connectivity index (χ2n) is 2.52. The maximum absolute atomic E-state index is 8.43. The molecule has 0 aromatic carbocycles. The van der Waals surface area contributed by atoms with Crippen LogP contribution in [0.25, 0.3) is 0 Å². The van der Waals surface area contributed by atoms with E-state index >= 15 is 0 Å². The van der Waals surface area contributed by atoms with Crippen molar-refractivity contribution in [1.29, 1.82) is 0 Å². The third-order valence-electron chi connectivity index (χ3n) is 1.53. The van der Waals surface area contributed by atoms with Crippen LogP contribution in [0.1, 0.15) is 33.1 Å². The summed E-state index contributed by atoms with van der Waals surface area (Å²) in [5, 5.41) is 8.43. The number of rotatable bonds is 6. The zero-order valence-electron chi connectivity index (χ0n) is 6.97. The highest BCUT2D eigenvalue weighted by Crippen LogP contribution is 1.97.